The van der Waals surface area contributed by atoms with Crippen LogP contribution in [0.5, 0.6) is 0 Å². The van der Waals surface area contributed by atoms with Gasteiger partial charge in [0.2, 0.25) is 10.0 Å². The summed E-state index contributed by atoms with van der Waals surface area (Å²) in [4.78, 5) is 17.6. The molecule has 0 radical (unpaired) electrons. The molecule has 2 heterocycles. The second kappa shape index (κ2) is 9.05. The maximum Gasteiger partial charge on any atom is 0.273 e. The number of rotatable bonds is 6. The summed E-state index contributed by atoms with van der Waals surface area (Å²) < 4.78 is 29.1. The molecule has 9 heteroatoms. The summed E-state index contributed by atoms with van der Waals surface area (Å²) in [5, 5.41) is 3.70. The Balaban J connectivity index is 1.46. The van der Waals surface area contributed by atoms with E-state index in [0.29, 0.717) is 33.2 Å². The van der Waals surface area contributed by atoms with Crippen molar-refractivity contribution in [3.05, 3.63) is 112 Å². The number of nitrogens with one attached hydrogen (secondary N) is 2. The van der Waals surface area contributed by atoms with Gasteiger partial charge in [0.25, 0.3) is 5.56 Å². The highest BCUT2D eigenvalue weighted by atomic mass is 35.5. The lowest BCUT2D eigenvalue weighted by molar-refractivity contribution is 0.600. The number of benzene rings is 3. The maximum atomic E-state index is 12.8. The van der Waals surface area contributed by atoms with Gasteiger partial charge in [0.1, 0.15) is 0 Å². The summed E-state index contributed by atoms with van der Waals surface area (Å²) in [5.41, 5.74) is 5.07. The molecular weight excluding hydrogens is 484 g/mol. The molecule has 0 saturated heterocycles. The molecule has 0 aliphatic carbocycles. The predicted octanol–water partition coefficient (Wildman–Crippen LogP) is 5.26. The van der Waals surface area contributed by atoms with Crippen molar-refractivity contribution in [2.45, 2.75) is 12.7 Å². The molecule has 0 spiro atoms. The zero-order valence-corrected chi connectivity index (χ0v) is 20.3. The van der Waals surface area contributed by atoms with Crippen molar-refractivity contribution in [1.29, 1.82) is 0 Å². The number of hydrogen-bond acceptors (Lipinski definition) is 4. The second-order valence-electron chi connectivity index (χ2n) is 8.18. The van der Waals surface area contributed by atoms with Gasteiger partial charge in [-0.2, -0.15) is 0 Å². The number of H-pyrrole nitrogens is 1. The number of anilines is 1. The summed E-state index contributed by atoms with van der Waals surface area (Å²) in [6.45, 7) is 1.88. The van der Waals surface area contributed by atoms with E-state index >= 15 is 0 Å². The molecule has 2 N–H and O–H groups in total. The Kier molecular flexibility index (Phi) is 5.92. The molecule has 0 unspecified atom stereocenters. The van der Waals surface area contributed by atoms with Gasteiger partial charge in [-0.05, 0) is 42.3 Å². The van der Waals surface area contributed by atoms with Crippen LogP contribution in [0.1, 0.15) is 11.3 Å². The molecule has 5 rings (SSSR count). The fourth-order valence-electron chi connectivity index (χ4n) is 3.98. The van der Waals surface area contributed by atoms with E-state index in [4.69, 9.17) is 16.6 Å². The molecule has 3 aromatic carbocycles. The Labute approximate surface area is 207 Å². The monoisotopic (exact) mass is 504 g/mol. The summed E-state index contributed by atoms with van der Waals surface area (Å²) in [6, 6.07) is 24.6. The van der Waals surface area contributed by atoms with Gasteiger partial charge in [-0.25, -0.2) is 17.9 Å². The Bertz CT molecular complexity index is 1680. The largest absolute Gasteiger partial charge is 0.293 e. The number of fused-ring (bicyclic) bond motifs is 1. The molecule has 0 bridgehead atoms. The number of aromatic amines is 1. The van der Waals surface area contributed by atoms with E-state index in [1.54, 1.807) is 60.7 Å². The number of nitrogens with zero attached hydrogens (tertiary/aromatic N) is 2. The molecule has 0 amide bonds. The van der Waals surface area contributed by atoms with Crippen LogP contribution in [-0.2, 0) is 15.8 Å². The van der Waals surface area contributed by atoms with Crippen LogP contribution in [-0.4, -0.2) is 23.0 Å². The van der Waals surface area contributed by atoms with E-state index in [9.17, 15) is 13.2 Å². The number of aromatic nitrogens is 3. The summed E-state index contributed by atoms with van der Waals surface area (Å²) in [5.74, 6) is -0.120. The fraction of sp³-hybridized carbons (Fsp3) is 0.0769. The van der Waals surface area contributed by atoms with Gasteiger partial charge < -0.3 is 0 Å². The lowest BCUT2D eigenvalue weighted by Crippen LogP contribution is -2.15. The van der Waals surface area contributed by atoms with Crippen LogP contribution < -0.4 is 10.3 Å². The second-order valence-corrected chi connectivity index (χ2v) is 10.3. The highest BCUT2D eigenvalue weighted by molar-refractivity contribution is 7.91. The predicted molar refractivity (Wildman–Crippen MR) is 139 cm³/mol. The molecule has 176 valence electrons. The first-order valence-corrected chi connectivity index (χ1v) is 12.9. The van der Waals surface area contributed by atoms with Crippen molar-refractivity contribution < 1.29 is 8.42 Å². The van der Waals surface area contributed by atoms with Crippen LogP contribution in [0.25, 0.3) is 28.0 Å². The quantitative estimate of drug-likeness (QED) is 0.329. The van der Waals surface area contributed by atoms with Gasteiger partial charge in [0.15, 0.2) is 5.65 Å². The third-order valence-corrected chi connectivity index (χ3v) is 7.10. The van der Waals surface area contributed by atoms with Crippen LogP contribution in [0.4, 0.5) is 5.69 Å². The number of aryl methyl sites for hydroxylation is 1. The van der Waals surface area contributed by atoms with Crippen molar-refractivity contribution in [3.8, 4) is 22.4 Å². The minimum absolute atomic E-state index is 0.120. The minimum Gasteiger partial charge on any atom is -0.293 e. The van der Waals surface area contributed by atoms with Crippen LogP contribution in [0.15, 0.2) is 89.7 Å². The van der Waals surface area contributed by atoms with Crippen molar-refractivity contribution in [2.75, 3.05) is 4.72 Å². The normalized spacial score (nSPS) is 11.6. The van der Waals surface area contributed by atoms with Crippen LogP contribution in [0.3, 0.4) is 0 Å². The molecule has 0 aliphatic rings. The van der Waals surface area contributed by atoms with E-state index < -0.39 is 10.0 Å². The minimum atomic E-state index is -3.57. The molecule has 2 aromatic heterocycles. The third kappa shape index (κ3) is 4.84. The Morgan fingerprint density at radius 2 is 1.60 bits per heavy atom. The van der Waals surface area contributed by atoms with Gasteiger partial charge in [-0.1, -0.05) is 66.2 Å². The Morgan fingerprint density at radius 1 is 0.943 bits per heavy atom. The highest BCUT2D eigenvalue weighted by Gasteiger charge is 2.16. The van der Waals surface area contributed by atoms with E-state index in [-0.39, 0.29) is 11.3 Å². The Morgan fingerprint density at radius 3 is 2.29 bits per heavy atom. The molecule has 0 atom stereocenters. The van der Waals surface area contributed by atoms with Crippen molar-refractivity contribution in [3.63, 3.8) is 0 Å². The molecule has 35 heavy (non-hydrogen) atoms. The van der Waals surface area contributed by atoms with Crippen LogP contribution in [0.2, 0.25) is 5.02 Å². The van der Waals surface area contributed by atoms with Gasteiger partial charge in [-0.3, -0.25) is 14.6 Å². The van der Waals surface area contributed by atoms with Crippen molar-refractivity contribution >= 4 is 33.0 Å². The molecule has 0 fully saturated rings. The van der Waals surface area contributed by atoms with Gasteiger partial charge in [0, 0.05) is 33.6 Å². The molecule has 0 saturated carbocycles. The smallest absolute Gasteiger partial charge is 0.273 e. The standard InChI is InChI=1S/C26H21ClN4O3S/c1-17-25(20-7-11-21(27)12-8-20)26-28-23(15-24(32)31(26)29-17)19-9-13-22(14-10-19)30-35(33,34)16-18-5-3-2-4-6-18/h2-15,29-30H,16H2,1H3. The number of halogens is 1. The van der Waals surface area contributed by atoms with Crippen molar-refractivity contribution in [2.24, 2.45) is 0 Å². The topological polar surface area (TPSA) is 96.3 Å². The maximum absolute atomic E-state index is 12.8. The zero-order valence-electron chi connectivity index (χ0n) is 18.7. The molecular formula is C26H21ClN4O3S. The van der Waals surface area contributed by atoms with Gasteiger partial charge >= 0.3 is 0 Å². The van der Waals surface area contributed by atoms with Crippen LogP contribution in [0, 0.1) is 6.92 Å². The lowest BCUT2D eigenvalue weighted by atomic mass is 10.1. The van der Waals surface area contributed by atoms with Crippen molar-refractivity contribution in [1.82, 2.24) is 14.6 Å². The zero-order chi connectivity index (χ0) is 24.6. The van der Waals surface area contributed by atoms with E-state index in [2.05, 4.69) is 9.82 Å². The lowest BCUT2D eigenvalue weighted by Gasteiger charge is -2.09. The first kappa shape index (κ1) is 22.9. The highest BCUT2D eigenvalue weighted by Crippen LogP contribution is 2.29. The van der Waals surface area contributed by atoms with Gasteiger partial charge in [-0.15, -0.1) is 0 Å². The molecule has 0 aliphatic heterocycles. The third-order valence-electron chi connectivity index (χ3n) is 5.58. The molecule has 7 nitrogen and oxygen atoms in total. The Hall–Kier alpha value is -3.88. The SMILES string of the molecule is Cc1[nH]n2c(=O)cc(-c3ccc(NS(=O)(=O)Cc4ccccc4)cc3)nc2c1-c1ccc(Cl)cc1. The fourth-order valence-corrected chi connectivity index (χ4v) is 5.30. The first-order chi connectivity index (χ1) is 16.8. The van der Waals surface area contributed by atoms with Crippen LogP contribution >= 0.6 is 11.6 Å². The van der Waals surface area contributed by atoms with E-state index in [1.807, 2.05) is 25.1 Å². The summed E-state index contributed by atoms with van der Waals surface area (Å²) in [7, 11) is -3.57. The average Bonchev–Trinajstić information content (AvgIpc) is 3.16. The van der Waals surface area contributed by atoms with E-state index in [1.165, 1.54) is 10.6 Å². The number of sulfonamides is 1. The number of hydrogen-bond donors (Lipinski definition) is 2. The molecule has 5 aromatic rings. The summed E-state index contributed by atoms with van der Waals surface area (Å²) in [6.07, 6.45) is 0. The first-order valence-electron chi connectivity index (χ1n) is 10.8. The summed E-state index contributed by atoms with van der Waals surface area (Å²) >= 11 is 6.03. The van der Waals surface area contributed by atoms with Gasteiger partial charge in [0.05, 0.1) is 11.4 Å². The average molecular weight is 505 g/mol. The van der Waals surface area contributed by atoms with E-state index in [0.717, 1.165) is 16.8 Å².